The predicted octanol–water partition coefficient (Wildman–Crippen LogP) is 3.98. The zero-order valence-electron chi connectivity index (χ0n) is 17.0. The van der Waals surface area contributed by atoms with E-state index < -0.39 is 27.7 Å². The summed E-state index contributed by atoms with van der Waals surface area (Å²) in [6.07, 6.45) is 0.113. The van der Waals surface area contributed by atoms with E-state index in [1.54, 1.807) is 36.4 Å². The van der Waals surface area contributed by atoms with Gasteiger partial charge in [0.25, 0.3) is 21.9 Å². The molecule has 1 aliphatic rings. The van der Waals surface area contributed by atoms with E-state index in [-0.39, 0.29) is 29.8 Å². The number of hydrogen-bond donors (Lipinski definition) is 3. The number of phenols is 1. The Bertz CT molecular complexity index is 1610. The molecular weight excluding hydrogens is 468 g/mol. The van der Waals surface area contributed by atoms with Gasteiger partial charge < -0.3 is 9.67 Å². The molecule has 0 saturated heterocycles. The fourth-order valence-corrected chi connectivity index (χ4v) is 5.20. The molecule has 0 saturated carbocycles. The summed E-state index contributed by atoms with van der Waals surface area (Å²) in [5.74, 6) is -1.56. The fraction of sp³-hybridized carbons (Fsp3) is 0.130. The second kappa shape index (κ2) is 7.58. The van der Waals surface area contributed by atoms with Crippen LogP contribution in [0.4, 0.5) is 0 Å². The van der Waals surface area contributed by atoms with E-state index in [9.17, 15) is 23.1 Å². The first-order valence-electron chi connectivity index (χ1n) is 10.0. The zero-order valence-corrected chi connectivity index (χ0v) is 18.6. The van der Waals surface area contributed by atoms with Crippen LogP contribution in [0.5, 0.6) is 5.75 Å². The molecular formula is C23H17ClN2O6S. The van der Waals surface area contributed by atoms with Crippen LogP contribution < -0.4 is 5.32 Å². The molecule has 0 bridgehead atoms. The van der Waals surface area contributed by atoms with Gasteiger partial charge in [0.1, 0.15) is 5.75 Å². The second-order valence-electron chi connectivity index (χ2n) is 7.82. The second-order valence-corrected chi connectivity index (χ2v) is 9.80. The van der Waals surface area contributed by atoms with Crippen LogP contribution in [0.15, 0.2) is 48.5 Å². The number of fused-ring (bicyclic) bond motifs is 5. The molecule has 1 aliphatic heterocycles. The maximum atomic E-state index is 12.9. The molecule has 3 aromatic carbocycles. The van der Waals surface area contributed by atoms with Crippen molar-refractivity contribution in [3.8, 4) is 16.9 Å². The standard InChI is InChI=1S/C23H17ClN2O6S/c24-16-5-2-1-4-13(16)14-11-18-19(21-20(14)22(28)25-23(21)29)15-10-12(27)6-7-17(15)26(18)8-3-9-33(30,31)32/h1-2,4-7,10-11,27H,3,8-9H2,(H,25,28,29)(H,30,31,32). The van der Waals surface area contributed by atoms with Crippen LogP contribution in [0.3, 0.4) is 0 Å². The number of benzene rings is 3. The summed E-state index contributed by atoms with van der Waals surface area (Å²) >= 11 is 6.42. The minimum absolute atomic E-state index is 0.0202. The Kier molecular flexibility index (Phi) is 4.93. The molecule has 0 aliphatic carbocycles. The third-order valence-corrected chi connectivity index (χ3v) is 6.90. The number of aromatic hydroxyl groups is 1. The van der Waals surface area contributed by atoms with Crippen LogP contribution in [0.25, 0.3) is 32.9 Å². The van der Waals surface area contributed by atoms with Crippen LogP contribution in [0, 0.1) is 0 Å². The Morgan fingerprint density at radius 2 is 1.67 bits per heavy atom. The van der Waals surface area contributed by atoms with Crippen molar-refractivity contribution in [3.63, 3.8) is 0 Å². The summed E-state index contributed by atoms with van der Waals surface area (Å²) in [5, 5.41) is 13.9. The van der Waals surface area contributed by atoms with E-state index >= 15 is 0 Å². The summed E-state index contributed by atoms with van der Waals surface area (Å²) in [4.78, 5) is 25.7. The molecule has 0 atom stereocenters. The minimum Gasteiger partial charge on any atom is -0.508 e. The average Bonchev–Trinajstić information content (AvgIpc) is 3.20. The van der Waals surface area contributed by atoms with E-state index in [4.69, 9.17) is 16.2 Å². The van der Waals surface area contributed by atoms with Gasteiger partial charge in [0, 0.05) is 33.4 Å². The first-order chi connectivity index (χ1) is 15.7. The number of hydrogen-bond acceptors (Lipinski definition) is 5. The highest BCUT2D eigenvalue weighted by molar-refractivity contribution is 7.85. The summed E-state index contributed by atoms with van der Waals surface area (Å²) in [6, 6.07) is 13.4. The van der Waals surface area contributed by atoms with Gasteiger partial charge in [-0.1, -0.05) is 29.8 Å². The monoisotopic (exact) mass is 484 g/mol. The number of amides is 2. The van der Waals surface area contributed by atoms with Crippen LogP contribution in [0.2, 0.25) is 5.02 Å². The maximum absolute atomic E-state index is 12.9. The summed E-state index contributed by atoms with van der Waals surface area (Å²) in [5.41, 5.74) is 2.62. The molecule has 0 spiro atoms. The molecule has 168 valence electrons. The van der Waals surface area contributed by atoms with E-state index in [0.717, 1.165) is 0 Å². The first-order valence-corrected chi connectivity index (χ1v) is 12.0. The molecule has 2 heterocycles. The number of imide groups is 1. The Morgan fingerprint density at radius 3 is 2.39 bits per heavy atom. The van der Waals surface area contributed by atoms with Gasteiger partial charge in [0.05, 0.1) is 22.4 Å². The fourth-order valence-electron chi connectivity index (χ4n) is 4.47. The topological polar surface area (TPSA) is 126 Å². The van der Waals surface area contributed by atoms with Crippen molar-refractivity contribution in [1.29, 1.82) is 0 Å². The molecule has 10 heteroatoms. The van der Waals surface area contributed by atoms with Crippen molar-refractivity contribution in [1.82, 2.24) is 9.88 Å². The lowest BCUT2D eigenvalue weighted by Gasteiger charge is -2.12. The Morgan fingerprint density at radius 1 is 0.939 bits per heavy atom. The largest absolute Gasteiger partial charge is 0.508 e. The molecule has 0 fully saturated rings. The van der Waals surface area contributed by atoms with Gasteiger partial charge in [0.15, 0.2) is 0 Å². The highest BCUT2D eigenvalue weighted by atomic mass is 35.5. The lowest BCUT2D eigenvalue weighted by atomic mass is 9.93. The summed E-state index contributed by atoms with van der Waals surface area (Å²) in [7, 11) is -4.15. The molecule has 8 nitrogen and oxygen atoms in total. The van der Waals surface area contributed by atoms with Crippen molar-refractivity contribution in [2.45, 2.75) is 13.0 Å². The molecule has 3 N–H and O–H groups in total. The predicted molar refractivity (Wildman–Crippen MR) is 124 cm³/mol. The molecule has 0 radical (unpaired) electrons. The van der Waals surface area contributed by atoms with Crippen molar-refractivity contribution in [3.05, 3.63) is 64.7 Å². The number of aromatic nitrogens is 1. The number of carbonyl (C=O) groups is 2. The van der Waals surface area contributed by atoms with Gasteiger partial charge in [-0.25, -0.2) is 0 Å². The van der Waals surface area contributed by atoms with Crippen molar-refractivity contribution < 1.29 is 27.7 Å². The molecule has 4 aromatic rings. The third-order valence-electron chi connectivity index (χ3n) is 5.77. The van der Waals surface area contributed by atoms with E-state index in [1.165, 1.54) is 12.1 Å². The third kappa shape index (κ3) is 3.54. The summed E-state index contributed by atoms with van der Waals surface area (Å²) < 4.78 is 33.5. The molecule has 5 rings (SSSR count). The highest BCUT2D eigenvalue weighted by Gasteiger charge is 2.35. The van der Waals surface area contributed by atoms with Crippen LogP contribution >= 0.6 is 11.6 Å². The van der Waals surface area contributed by atoms with Gasteiger partial charge in [-0.3, -0.25) is 19.5 Å². The Hall–Kier alpha value is -3.40. The SMILES string of the molecule is O=C1NC(=O)c2c1c(-c1ccccc1Cl)cc1c2c2cc(O)ccc2n1CCCS(=O)(=O)O. The van der Waals surface area contributed by atoms with Gasteiger partial charge in [-0.05, 0) is 42.3 Å². The van der Waals surface area contributed by atoms with Crippen molar-refractivity contribution in [2.24, 2.45) is 0 Å². The molecule has 1 aromatic heterocycles. The van der Waals surface area contributed by atoms with E-state index in [0.29, 0.717) is 38.0 Å². The number of carbonyl (C=O) groups excluding carboxylic acids is 2. The van der Waals surface area contributed by atoms with E-state index in [2.05, 4.69) is 5.32 Å². The van der Waals surface area contributed by atoms with Crippen molar-refractivity contribution in [2.75, 3.05) is 5.75 Å². The van der Waals surface area contributed by atoms with Crippen molar-refractivity contribution >= 4 is 55.3 Å². The summed E-state index contributed by atoms with van der Waals surface area (Å²) in [6.45, 7) is 0.209. The zero-order chi connectivity index (χ0) is 23.5. The maximum Gasteiger partial charge on any atom is 0.264 e. The van der Waals surface area contributed by atoms with Gasteiger partial charge >= 0.3 is 0 Å². The lowest BCUT2D eigenvalue weighted by molar-refractivity contribution is 0.0880. The molecule has 33 heavy (non-hydrogen) atoms. The van der Waals surface area contributed by atoms with Gasteiger partial charge in [0.2, 0.25) is 0 Å². The van der Waals surface area contributed by atoms with Crippen LogP contribution in [-0.2, 0) is 16.7 Å². The number of phenolic OH excluding ortho intramolecular Hbond substituents is 1. The van der Waals surface area contributed by atoms with E-state index in [1.807, 2.05) is 4.57 Å². The minimum atomic E-state index is -4.15. The normalized spacial score (nSPS) is 13.6. The molecule has 0 unspecified atom stereocenters. The number of rotatable bonds is 5. The number of aryl methyl sites for hydroxylation is 1. The number of nitrogens with zero attached hydrogens (tertiary/aromatic N) is 1. The smallest absolute Gasteiger partial charge is 0.264 e. The van der Waals surface area contributed by atoms with Crippen LogP contribution in [0.1, 0.15) is 27.1 Å². The highest BCUT2D eigenvalue weighted by Crippen LogP contribution is 2.42. The number of halogens is 1. The van der Waals surface area contributed by atoms with Crippen LogP contribution in [-0.4, -0.2) is 40.2 Å². The van der Waals surface area contributed by atoms with Gasteiger partial charge in [-0.2, -0.15) is 8.42 Å². The first kappa shape index (κ1) is 21.4. The lowest BCUT2D eigenvalue weighted by Crippen LogP contribution is -2.20. The molecule has 2 amide bonds. The number of nitrogens with one attached hydrogen (secondary N) is 1. The Labute approximate surface area is 193 Å². The quantitative estimate of drug-likeness (QED) is 0.290. The van der Waals surface area contributed by atoms with Gasteiger partial charge in [-0.15, -0.1) is 0 Å². The Balaban J connectivity index is 1.88. The average molecular weight is 485 g/mol.